The minimum absolute atomic E-state index is 0.205. The zero-order valence-electron chi connectivity index (χ0n) is 13.0. The second-order valence-corrected chi connectivity index (χ2v) is 5.00. The highest BCUT2D eigenvalue weighted by Gasteiger charge is 2.17. The lowest BCUT2D eigenvalue weighted by atomic mass is 10.1. The topological polar surface area (TPSA) is 95.9 Å². The number of aromatic nitrogens is 5. The normalized spacial score (nSPS) is 10.7. The lowest BCUT2D eigenvalue weighted by Gasteiger charge is -2.12. The molecular formula is C15H15N5O3. The molecule has 0 aromatic carbocycles. The minimum atomic E-state index is -0.577. The van der Waals surface area contributed by atoms with E-state index in [1.54, 1.807) is 19.5 Å². The van der Waals surface area contributed by atoms with Crippen LogP contribution in [0.3, 0.4) is 0 Å². The minimum Gasteiger partial charge on any atom is -0.496 e. The summed E-state index contributed by atoms with van der Waals surface area (Å²) in [6.07, 6.45) is 6.30. The van der Waals surface area contributed by atoms with E-state index < -0.39 is 5.76 Å². The highest BCUT2D eigenvalue weighted by Crippen LogP contribution is 2.24. The van der Waals surface area contributed by atoms with Crippen molar-refractivity contribution < 1.29 is 9.26 Å². The standard InChI is InChI=1S/C15H15N5O3/c1-9-6-18-12(10(2)13(9)22-3)8-20-14(19-23-15(20)21)11-7-16-4-5-17-11/h4-7H,8H2,1-3H3. The average molecular weight is 313 g/mol. The maximum Gasteiger partial charge on any atom is 0.442 e. The van der Waals surface area contributed by atoms with Gasteiger partial charge < -0.3 is 4.74 Å². The summed E-state index contributed by atoms with van der Waals surface area (Å²) in [4.78, 5) is 24.5. The maximum absolute atomic E-state index is 12.0. The molecule has 8 nitrogen and oxygen atoms in total. The summed E-state index contributed by atoms with van der Waals surface area (Å²) in [6, 6.07) is 0. The zero-order chi connectivity index (χ0) is 16.4. The molecule has 0 aliphatic rings. The Kier molecular flexibility index (Phi) is 3.88. The van der Waals surface area contributed by atoms with E-state index in [-0.39, 0.29) is 6.54 Å². The first-order valence-electron chi connectivity index (χ1n) is 6.93. The largest absolute Gasteiger partial charge is 0.496 e. The van der Waals surface area contributed by atoms with Gasteiger partial charge in [-0.25, -0.2) is 14.3 Å². The summed E-state index contributed by atoms with van der Waals surface area (Å²) in [7, 11) is 1.61. The first-order valence-corrected chi connectivity index (χ1v) is 6.93. The van der Waals surface area contributed by atoms with Crippen molar-refractivity contribution in [3.63, 3.8) is 0 Å². The van der Waals surface area contributed by atoms with E-state index in [1.165, 1.54) is 17.0 Å². The number of rotatable bonds is 4. The Morgan fingerprint density at radius 1 is 1.22 bits per heavy atom. The summed E-state index contributed by atoms with van der Waals surface area (Å²) in [6.45, 7) is 4.02. The lowest BCUT2D eigenvalue weighted by Crippen LogP contribution is -2.18. The van der Waals surface area contributed by atoms with Gasteiger partial charge in [-0.3, -0.25) is 14.5 Å². The van der Waals surface area contributed by atoms with E-state index in [1.807, 2.05) is 13.8 Å². The van der Waals surface area contributed by atoms with E-state index >= 15 is 0 Å². The molecule has 0 spiro atoms. The van der Waals surface area contributed by atoms with Crippen molar-refractivity contribution in [2.24, 2.45) is 0 Å². The molecule has 3 aromatic rings. The molecule has 118 valence electrons. The Morgan fingerprint density at radius 2 is 2.04 bits per heavy atom. The molecule has 0 fully saturated rings. The molecule has 3 rings (SSSR count). The van der Waals surface area contributed by atoms with Crippen LogP contribution in [0, 0.1) is 13.8 Å². The first-order chi connectivity index (χ1) is 11.1. The van der Waals surface area contributed by atoms with Gasteiger partial charge in [0, 0.05) is 29.7 Å². The third-order valence-electron chi connectivity index (χ3n) is 3.54. The van der Waals surface area contributed by atoms with Gasteiger partial charge in [0.25, 0.3) is 0 Å². The molecule has 0 radical (unpaired) electrons. The molecule has 3 heterocycles. The number of hydrogen-bond donors (Lipinski definition) is 0. The fourth-order valence-electron chi connectivity index (χ4n) is 2.39. The van der Waals surface area contributed by atoms with Crippen LogP contribution in [0.15, 0.2) is 34.1 Å². The predicted molar refractivity (Wildman–Crippen MR) is 81.2 cm³/mol. The van der Waals surface area contributed by atoms with E-state index in [4.69, 9.17) is 9.26 Å². The van der Waals surface area contributed by atoms with E-state index in [0.29, 0.717) is 17.2 Å². The van der Waals surface area contributed by atoms with Gasteiger partial charge in [-0.15, -0.1) is 0 Å². The molecule has 0 atom stereocenters. The lowest BCUT2D eigenvalue weighted by molar-refractivity contribution is 0.377. The number of methoxy groups -OCH3 is 1. The smallest absolute Gasteiger partial charge is 0.442 e. The monoisotopic (exact) mass is 313 g/mol. The zero-order valence-corrected chi connectivity index (χ0v) is 13.0. The van der Waals surface area contributed by atoms with Crippen molar-refractivity contribution in [3.8, 4) is 17.3 Å². The van der Waals surface area contributed by atoms with E-state index in [0.717, 1.165) is 16.9 Å². The van der Waals surface area contributed by atoms with E-state index in [9.17, 15) is 4.79 Å². The highest BCUT2D eigenvalue weighted by atomic mass is 16.5. The fraction of sp³-hybridized carbons (Fsp3) is 0.267. The van der Waals surface area contributed by atoms with Crippen molar-refractivity contribution in [2.45, 2.75) is 20.4 Å². The summed E-state index contributed by atoms with van der Waals surface area (Å²) in [5.74, 6) is 0.482. The van der Waals surface area contributed by atoms with Crippen molar-refractivity contribution >= 4 is 0 Å². The van der Waals surface area contributed by atoms with Crippen LogP contribution in [0.4, 0.5) is 0 Å². The van der Waals surface area contributed by atoms with Gasteiger partial charge in [0.05, 0.1) is 25.5 Å². The van der Waals surface area contributed by atoms with Crippen molar-refractivity contribution in [1.82, 2.24) is 24.7 Å². The van der Waals surface area contributed by atoms with Gasteiger partial charge in [0.1, 0.15) is 11.4 Å². The summed E-state index contributed by atoms with van der Waals surface area (Å²) < 4.78 is 11.5. The van der Waals surface area contributed by atoms with Gasteiger partial charge in [0.15, 0.2) is 0 Å². The Morgan fingerprint density at radius 3 is 2.74 bits per heavy atom. The third kappa shape index (κ3) is 2.70. The SMILES string of the molecule is COc1c(C)cnc(Cn2c(-c3cnccn3)noc2=O)c1C. The average Bonchev–Trinajstić information content (AvgIpc) is 2.92. The molecule has 0 N–H and O–H groups in total. The molecule has 3 aromatic heterocycles. The van der Waals surface area contributed by atoms with Gasteiger partial charge >= 0.3 is 5.76 Å². The van der Waals surface area contributed by atoms with Crippen LogP contribution in [0.1, 0.15) is 16.8 Å². The van der Waals surface area contributed by atoms with Crippen molar-refractivity contribution in [1.29, 1.82) is 0 Å². The Bertz CT molecular complexity index is 886. The second-order valence-electron chi connectivity index (χ2n) is 5.00. The maximum atomic E-state index is 12.0. The summed E-state index contributed by atoms with van der Waals surface area (Å²) in [5, 5.41) is 3.79. The number of hydrogen-bond acceptors (Lipinski definition) is 7. The molecular weight excluding hydrogens is 298 g/mol. The van der Waals surface area contributed by atoms with Crippen LogP contribution >= 0.6 is 0 Å². The van der Waals surface area contributed by atoms with Crippen LogP contribution < -0.4 is 10.5 Å². The van der Waals surface area contributed by atoms with Crippen molar-refractivity contribution in [2.75, 3.05) is 7.11 Å². The van der Waals surface area contributed by atoms with Crippen molar-refractivity contribution in [3.05, 3.63) is 52.2 Å². The molecule has 0 unspecified atom stereocenters. The molecule has 0 saturated carbocycles. The Labute approximate surface area is 131 Å². The van der Waals surface area contributed by atoms with Gasteiger partial charge in [0.2, 0.25) is 5.82 Å². The summed E-state index contributed by atoms with van der Waals surface area (Å²) in [5.41, 5.74) is 2.95. The molecule has 0 saturated heterocycles. The van der Waals surface area contributed by atoms with Crippen LogP contribution in [0.2, 0.25) is 0 Å². The Hall–Kier alpha value is -3.03. The predicted octanol–water partition coefficient (Wildman–Crippen LogP) is 1.36. The fourth-order valence-corrected chi connectivity index (χ4v) is 2.39. The van der Waals surface area contributed by atoms with E-state index in [2.05, 4.69) is 20.1 Å². The summed E-state index contributed by atoms with van der Waals surface area (Å²) >= 11 is 0. The van der Waals surface area contributed by atoms with Crippen LogP contribution in [-0.2, 0) is 6.54 Å². The van der Waals surface area contributed by atoms with Gasteiger partial charge in [-0.2, -0.15) is 0 Å². The van der Waals surface area contributed by atoms with Crippen LogP contribution in [0.5, 0.6) is 5.75 Å². The van der Waals surface area contributed by atoms with Gasteiger partial charge in [-0.05, 0) is 13.8 Å². The third-order valence-corrected chi connectivity index (χ3v) is 3.54. The quantitative estimate of drug-likeness (QED) is 0.717. The van der Waals surface area contributed by atoms with Crippen LogP contribution in [0.25, 0.3) is 11.5 Å². The molecule has 23 heavy (non-hydrogen) atoms. The first kappa shape index (κ1) is 14.9. The van der Waals surface area contributed by atoms with Gasteiger partial charge in [-0.1, -0.05) is 5.16 Å². The number of nitrogens with zero attached hydrogens (tertiary/aromatic N) is 5. The number of pyridine rings is 1. The molecule has 8 heteroatoms. The van der Waals surface area contributed by atoms with Crippen LogP contribution in [-0.4, -0.2) is 31.8 Å². The number of aryl methyl sites for hydroxylation is 1. The number of ether oxygens (including phenoxy) is 1. The highest BCUT2D eigenvalue weighted by molar-refractivity contribution is 5.47. The second kappa shape index (κ2) is 5.99. The Balaban J connectivity index is 2.06. The molecule has 0 bridgehead atoms. The molecule has 0 amide bonds. The molecule has 0 aliphatic heterocycles. The molecule has 0 aliphatic carbocycles.